The molecular formula is C34H67NO4. The third-order valence-electron chi connectivity index (χ3n) is 7.88. The average Bonchev–Trinajstić information content (AvgIpc) is 2.94. The molecule has 0 heterocycles. The molecule has 0 saturated carbocycles. The Morgan fingerprint density at radius 2 is 0.974 bits per heavy atom. The highest BCUT2D eigenvalue weighted by Gasteiger charge is 2.23. The maximum atomic E-state index is 12.3. The van der Waals surface area contributed by atoms with Crippen LogP contribution in [0.3, 0.4) is 0 Å². The second kappa shape index (κ2) is 30.1. The van der Waals surface area contributed by atoms with Gasteiger partial charge in [0.15, 0.2) is 0 Å². The van der Waals surface area contributed by atoms with Crippen LogP contribution in [0.2, 0.25) is 0 Å². The van der Waals surface area contributed by atoms with Crippen molar-refractivity contribution >= 4 is 5.91 Å². The second-order valence-electron chi connectivity index (χ2n) is 11.7. The number of hydrogen-bond donors (Lipinski definition) is 4. The summed E-state index contributed by atoms with van der Waals surface area (Å²) in [7, 11) is 0. The monoisotopic (exact) mass is 554 g/mol. The van der Waals surface area contributed by atoms with Crippen LogP contribution in [0.15, 0.2) is 12.2 Å². The van der Waals surface area contributed by atoms with E-state index in [4.69, 9.17) is 0 Å². The molecule has 0 aromatic rings. The van der Waals surface area contributed by atoms with Crippen molar-refractivity contribution in [2.75, 3.05) is 6.61 Å². The lowest BCUT2D eigenvalue weighted by Gasteiger charge is -2.23. The topological polar surface area (TPSA) is 89.8 Å². The number of aliphatic hydroxyl groups excluding tert-OH is 3. The third kappa shape index (κ3) is 25.8. The minimum atomic E-state index is -1.07. The van der Waals surface area contributed by atoms with Crippen LogP contribution < -0.4 is 5.32 Å². The number of allylic oxidation sites excluding steroid dienone is 2. The molecule has 232 valence electrons. The Hall–Kier alpha value is -0.910. The number of rotatable bonds is 30. The van der Waals surface area contributed by atoms with Crippen molar-refractivity contribution in [2.24, 2.45) is 0 Å². The van der Waals surface area contributed by atoms with Gasteiger partial charge >= 0.3 is 0 Å². The van der Waals surface area contributed by atoms with Crippen molar-refractivity contribution in [1.82, 2.24) is 5.32 Å². The lowest BCUT2D eigenvalue weighted by atomic mass is 10.0. The predicted octanol–water partition coefficient (Wildman–Crippen LogP) is 8.53. The summed E-state index contributed by atoms with van der Waals surface area (Å²) >= 11 is 0. The number of carbonyl (C=O) groups excluding carboxylic acids is 1. The minimum Gasteiger partial charge on any atom is -0.394 e. The number of amides is 1. The molecule has 4 N–H and O–H groups in total. The fourth-order valence-corrected chi connectivity index (χ4v) is 5.12. The highest BCUT2D eigenvalue weighted by atomic mass is 16.3. The predicted molar refractivity (Wildman–Crippen MR) is 167 cm³/mol. The first kappa shape index (κ1) is 38.1. The quantitative estimate of drug-likeness (QED) is 0.0530. The normalized spacial score (nSPS) is 14.1. The molecule has 0 aliphatic heterocycles. The van der Waals surface area contributed by atoms with Crippen LogP contribution in [0.1, 0.15) is 174 Å². The molecule has 0 rings (SSSR count). The van der Waals surface area contributed by atoms with Gasteiger partial charge < -0.3 is 20.6 Å². The highest BCUT2D eigenvalue weighted by molar-refractivity contribution is 5.80. The number of unbranched alkanes of at least 4 members (excludes halogenated alkanes) is 20. The molecule has 0 spiro atoms. The first-order chi connectivity index (χ1) is 19.1. The molecular weight excluding hydrogens is 486 g/mol. The van der Waals surface area contributed by atoms with Crippen molar-refractivity contribution in [3.05, 3.63) is 12.2 Å². The average molecular weight is 554 g/mol. The summed E-state index contributed by atoms with van der Waals surface area (Å²) in [6, 6.07) is -0.707. The Morgan fingerprint density at radius 1 is 0.590 bits per heavy atom. The molecule has 0 aromatic heterocycles. The second-order valence-corrected chi connectivity index (χ2v) is 11.7. The van der Waals surface area contributed by atoms with Gasteiger partial charge in [0.1, 0.15) is 6.10 Å². The molecule has 0 radical (unpaired) electrons. The van der Waals surface area contributed by atoms with Gasteiger partial charge in [-0.05, 0) is 38.5 Å². The standard InChI is InChI=1S/C34H67NO4/c1-3-5-7-9-11-13-14-15-16-17-18-19-21-23-25-27-29-33(38)34(39)35-31(30-36)32(37)28-26-24-22-20-12-10-8-6-4-2/h15-16,31-33,36-38H,3-14,17-30H2,1-2H3,(H,35,39)/b16-15-. The van der Waals surface area contributed by atoms with Crippen LogP contribution in [0.5, 0.6) is 0 Å². The molecule has 0 bridgehead atoms. The zero-order chi connectivity index (χ0) is 28.8. The lowest BCUT2D eigenvalue weighted by Crippen LogP contribution is -2.49. The summed E-state index contributed by atoms with van der Waals surface area (Å²) in [5, 5.41) is 32.9. The van der Waals surface area contributed by atoms with Crippen molar-refractivity contribution in [3.8, 4) is 0 Å². The van der Waals surface area contributed by atoms with E-state index in [9.17, 15) is 20.1 Å². The van der Waals surface area contributed by atoms with Gasteiger partial charge in [-0.2, -0.15) is 0 Å². The van der Waals surface area contributed by atoms with E-state index < -0.39 is 24.2 Å². The Labute approximate surface area is 242 Å². The van der Waals surface area contributed by atoms with E-state index in [2.05, 4.69) is 31.3 Å². The van der Waals surface area contributed by atoms with Gasteiger partial charge in [-0.3, -0.25) is 4.79 Å². The van der Waals surface area contributed by atoms with E-state index in [1.807, 2.05) is 0 Å². The highest BCUT2D eigenvalue weighted by Crippen LogP contribution is 2.14. The van der Waals surface area contributed by atoms with Gasteiger partial charge in [0, 0.05) is 0 Å². The third-order valence-corrected chi connectivity index (χ3v) is 7.88. The maximum Gasteiger partial charge on any atom is 0.249 e. The van der Waals surface area contributed by atoms with E-state index >= 15 is 0 Å². The van der Waals surface area contributed by atoms with Gasteiger partial charge in [-0.25, -0.2) is 0 Å². The first-order valence-electron chi connectivity index (χ1n) is 17.0. The summed E-state index contributed by atoms with van der Waals surface area (Å²) in [6.07, 6.45) is 31.9. The zero-order valence-electron chi connectivity index (χ0n) is 26.0. The van der Waals surface area contributed by atoms with Crippen LogP contribution in [0.25, 0.3) is 0 Å². The number of carbonyl (C=O) groups is 1. The molecule has 39 heavy (non-hydrogen) atoms. The molecule has 0 saturated heterocycles. The number of nitrogens with one attached hydrogen (secondary N) is 1. The van der Waals surface area contributed by atoms with Gasteiger partial charge in [0.05, 0.1) is 18.8 Å². The summed E-state index contributed by atoms with van der Waals surface area (Å²) in [6.45, 7) is 4.18. The zero-order valence-corrected chi connectivity index (χ0v) is 26.0. The summed E-state index contributed by atoms with van der Waals surface area (Å²) in [5.74, 6) is -0.479. The van der Waals surface area contributed by atoms with Crippen LogP contribution in [0.4, 0.5) is 0 Å². The van der Waals surface area contributed by atoms with Crippen LogP contribution >= 0.6 is 0 Å². The smallest absolute Gasteiger partial charge is 0.249 e. The molecule has 0 aliphatic carbocycles. The van der Waals surface area contributed by atoms with Crippen LogP contribution in [-0.2, 0) is 4.79 Å². The van der Waals surface area contributed by atoms with Crippen molar-refractivity contribution in [1.29, 1.82) is 0 Å². The fraction of sp³-hybridized carbons (Fsp3) is 0.912. The molecule has 0 fully saturated rings. The van der Waals surface area contributed by atoms with Crippen LogP contribution in [-0.4, -0.2) is 46.1 Å². The molecule has 5 nitrogen and oxygen atoms in total. The van der Waals surface area contributed by atoms with Gasteiger partial charge in [0.2, 0.25) is 5.91 Å². The molecule has 0 aliphatic rings. The molecule has 1 amide bonds. The molecule has 5 heteroatoms. The van der Waals surface area contributed by atoms with Gasteiger partial charge in [-0.15, -0.1) is 0 Å². The SMILES string of the molecule is CCCCCCCC/C=C\CCCCCCCCC(O)C(=O)NC(CO)C(O)CCCCCCCCCCC. The summed E-state index contributed by atoms with van der Waals surface area (Å²) < 4.78 is 0. The number of hydrogen-bond acceptors (Lipinski definition) is 4. The molecule has 0 aromatic carbocycles. The molecule has 3 atom stereocenters. The van der Waals surface area contributed by atoms with E-state index in [0.29, 0.717) is 12.8 Å². The Bertz CT molecular complexity index is 539. The van der Waals surface area contributed by atoms with E-state index in [-0.39, 0.29) is 6.61 Å². The van der Waals surface area contributed by atoms with Gasteiger partial charge in [0.25, 0.3) is 0 Å². The van der Waals surface area contributed by atoms with Crippen molar-refractivity contribution in [3.63, 3.8) is 0 Å². The van der Waals surface area contributed by atoms with Gasteiger partial charge in [-0.1, -0.05) is 148 Å². The largest absolute Gasteiger partial charge is 0.394 e. The maximum absolute atomic E-state index is 12.3. The van der Waals surface area contributed by atoms with Crippen molar-refractivity contribution in [2.45, 2.75) is 193 Å². The minimum absolute atomic E-state index is 0.314. The first-order valence-corrected chi connectivity index (χ1v) is 17.0. The number of aliphatic hydroxyl groups is 3. The van der Waals surface area contributed by atoms with Crippen molar-refractivity contribution < 1.29 is 20.1 Å². The Balaban J connectivity index is 3.70. The lowest BCUT2D eigenvalue weighted by molar-refractivity contribution is -0.131. The summed E-state index contributed by atoms with van der Waals surface area (Å²) in [4.78, 5) is 12.3. The van der Waals surface area contributed by atoms with E-state index in [1.54, 1.807) is 0 Å². The Morgan fingerprint density at radius 3 is 1.41 bits per heavy atom. The van der Waals surface area contributed by atoms with Crippen LogP contribution in [0, 0.1) is 0 Å². The fourth-order valence-electron chi connectivity index (χ4n) is 5.12. The Kier molecular flexibility index (Phi) is 29.4. The summed E-state index contributed by atoms with van der Waals surface area (Å²) in [5.41, 5.74) is 0. The molecule has 3 unspecified atom stereocenters. The van der Waals surface area contributed by atoms with E-state index in [0.717, 1.165) is 32.1 Å². The van der Waals surface area contributed by atoms with E-state index in [1.165, 1.54) is 116 Å².